The van der Waals surface area contributed by atoms with Crippen molar-refractivity contribution < 1.29 is 14.3 Å². The molecular formula is C20H29N3O3. The lowest BCUT2D eigenvalue weighted by molar-refractivity contribution is -0.132. The summed E-state index contributed by atoms with van der Waals surface area (Å²) in [5, 5.41) is 0. The zero-order chi connectivity index (χ0) is 18.4. The van der Waals surface area contributed by atoms with Crippen LogP contribution in [0.15, 0.2) is 24.3 Å². The van der Waals surface area contributed by atoms with Crippen LogP contribution in [0.1, 0.15) is 36.0 Å². The maximum absolute atomic E-state index is 12.7. The summed E-state index contributed by atoms with van der Waals surface area (Å²) in [7, 11) is 1.60. The molecule has 6 nitrogen and oxygen atoms in total. The minimum absolute atomic E-state index is 0.0300. The number of carbonyl (C=O) groups excluding carboxylic acids is 2. The molecule has 1 aromatic rings. The summed E-state index contributed by atoms with van der Waals surface area (Å²) < 4.78 is 5.20. The van der Waals surface area contributed by atoms with Crippen molar-refractivity contribution in [3.05, 3.63) is 29.8 Å². The largest absolute Gasteiger partial charge is 0.497 e. The lowest BCUT2D eigenvalue weighted by Gasteiger charge is -2.35. The molecule has 2 saturated heterocycles. The van der Waals surface area contributed by atoms with Crippen LogP contribution in [0.2, 0.25) is 0 Å². The number of likely N-dealkylation sites (tertiary alicyclic amines) is 1. The van der Waals surface area contributed by atoms with Gasteiger partial charge < -0.3 is 14.5 Å². The Balaban J connectivity index is 1.49. The Labute approximate surface area is 155 Å². The van der Waals surface area contributed by atoms with E-state index in [9.17, 15) is 9.59 Å². The van der Waals surface area contributed by atoms with E-state index in [1.807, 2.05) is 28.0 Å². The first-order valence-electron chi connectivity index (χ1n) is 9.61. The van der Waals surface area contributed by atoms with Crippen LogP contribution in [-0.2, 0) is 4.79 Å². The number of methoxy groups -OCH3 is 1. The molecule has 0 atom stereocenters. The fraction of sp³-hybridized carbons (Fsp3) is 0.600. The molecule has 0 spiro atoms. The van der Waals surface area contributed by atoms with Gasteiger partial charge in [0.1, 0.15) is 5.75 Å². The second-order valence-electron chi connectivity index (χ2n) is 7.10. The van der Waals surface area contributed by atoms with Gasteiger partial charge in [-0.1, -0.05) is 18.9 Å². The lowest BCUT2D eigenvalue weighted by Crippen LogP contribution is -2.51. The predicted molar refractivity (Wildman–Crippen MR) is 100 cm³/mol. The molecule has 0 unspecified atom stereocenters. The van der Waals surface area contributed by atoms with Crippen LogP contribution < -0.4 is 4.74 Å². The number of carbonyl (C=O) groups is 2. The van der Waals surface area contributed by atoms with Crippen molar-refractivity contribution >= 4 is 11.8 Å². The van der Waals surface area contributed by atoms with Crippen molar-refractivity contribution in [1.29, 1.82) is 0 Å². The first-order chi connectivity index (χ1) is 12.7. The van der Waals surface area contributed by atoms with E-state index in [0.717, 1.165) is 39.0 Å². The fourth-order valence-corrected chi connectivity index (χ4v) is 3.66. The Morgan fingerprint density at radius 2 is 1.62 bits per heavy atom. The van der Waals surface area contributed by atoms with Gasteiger partial charge in [0.15, 0.2) is 0 Å². The van der Waals surface area contributed by atoms with Crippen LogP contribution in [0.4, 0.5) is 0 Å². The normalized spacial score (nSPS) is 19.1. The van der Waals surface area contributed by atoms with Gasteiger partial charge in [-0.2, -0.15) is 0 Å². The molecule has 0 aliphatic carbocycles. The van der Waals surface area contributed by atoms with Crippen molar-refractivity contribution in [3.8, 4) is 5.75 Å². The molecule has 26 heavy (non-hydrogen) atoms. The van der Waals surface area contributed by atoms with E-state index < -0.39 is 0 Å². The van der Waals surface area contributed by atoms with Crippen LogP contribution in [0.5, 0.6) is 5.75 Å². The Kier molecular flexibility index (Phi) is 6.50. The summed E-state index contributed by atoms with van der Waals surface area (Å²) in [6, 6.07) is 7.27. The minimum Gasteiger partial charge on any atom is -0.497 e. The first-order valence-corrected chi connectivity index (χ1v) is 9.61. The summed E-state index contributed by atoms with van der Waals surface area (Å²) in [5.74, 6) is 0.958. The van der Waals surface area contributed by atoms with Crippen LogP contribution >= 0.6 is 0 Å². The number of rotatable bonds is 4. The predicted octanol–water partition coefficient (Wildman–Crippen LogP) is 1.86. The van der Waals surface area contributed by atoms with Gasteiger partial charge in [0.25, 0.3) is 5.91 Å². The highest BCUT2D eigenvalue weighted by Crippen LogP contribution is 2.16. The molecule has 2 heterocycles. The summed E-state index contributed by atoms with van der Waals surface area (Å²) in [6.07, 6.45) is 4.70. The lowest BCUT2D eigenvalue weighted by atomic mass is 10.1. The summed E-state index contributed by atoms with van der Waals surface area (Å²) >= 11 is 0. The Bertz CT molecular complexity index is 618. The van der Waals surface area contributed by atoms with Gasteiger partial charge in [-0.25, -0.2) is 0 Å². The van der Waals surface area contributed by atoms with Crippen molar-refractivity contribution in [2.24, 2.45) is 0 Å². The molecule has 2 amide bonds. The third-order valence-electron chi connectivity index (χ3n) is 5.29. The molecule has 2 fully saturated rings. The van der Waals surface area contributed by atoms with Gasteiger partial charge in [-0.05, 0) is 31.0 Å². The highest BCUT2D eigenvalue weighted by Gasteiger charge is 2.25. The Morgan fingerprint density at radius 3 is 2.27 bits per heavy atom. The van der Waals surface area contributed by atoms with Gasteiger partial charge in [0, 0.05) is 44.8 Å². The summed E-state index contributed by atoms with van der Waals surface area (Å²) in [5.41, 5.74) is 0.651. The zero-order valence-electron chi connectivity index (χ0n) is 15.7. The van der Waals surface area contributed by atoms with E-state index >= 15 is 0 Å². The van der Waals surface area contributed by atoms with Crippen LogP contribution in [0, 0.1) is 0 Å². The van der Waals surface area contributed by atoms with Crippen LogP contribution in [0.25, 0.3) is 0 Å². The monoisotopic (exact) mass is 359 g/mol. The van der Waals surface area contributed by atoms with Crippen molar-refractivity contribution in [2.75, 3.05) is 52.9 Å². The van der Waals surface area contributed by atoms with Crippen molar-refractivity contribution in [2.45, 2.75) is 25.7 Å². The topological polar surface area (TPSA) is 53.1 Å². The van der Waals surface area contributed by atoms with E-state index in [0.29, 0.717) is 30.9 Å². The number of benzene rings is 1. The smallest absolute Gasteiger partial charge is 0.254 e. The Hall–Kier alpha value is -2.08. The number of amides is 2. The van der Waals surface area contributed by atoms with E-state index in [2.05, 4.69) is 4.90 Å². The number of ether oxygens (including phenoxy) is 1. The highest BCUT2D eigenvalue weighted by molar-refractivity contribution is 5.94. The van der Waals surface area contributed by atoms with Crippen LogP contribution in [0.3, 0.4) is 0 Å². The maximum atomic E-state index is 12.7. The molecule has 0 aromatic heterocycles. The molecule has 1 aromatic carbocycles. The van der Waals surface area contributed by atoms with E-state index in [1.165, 1.54) is 12.8 Å². The molecule has 0 N–H and O–H groups in total. The molecule has 0 saturated carbocycles. The molecule has 3 rings (SSSR count). The molecule has 2 aliphatic rings. The Morgan fingerprint density at radius 1 is 0.923 bits per heavy atom. The van der Waals surface area contributed by atoms with Gasteiger partial charge in [0.2, 0.25) is 5.91 Å². The molecular weight excluding hydrogens is 330 g/mol. The van der Waals surface area contributed by atoms with E-state index in [-0.39, 0.29) is 11.8 Å². The molecule has 6 heteroatoms. The van der Waals surface area contributed by atoms with Gasteiger partial charge >= 0.3 is 0 Å². The minimum atomic E-state index is 0.0300. The number of nitrogens with zero attached hydrogens (tertiary/aromatic N) is 3. The van der Waals surface area contributed by atoms with Crippen molar-refractivity contribution in [3.63, 3.8) is 0 Å². The summed E-state index contributed by atoms with van der Waals surface area (Å²) in [4.78, 5) is 31.2. The average Bonchev–Trinajstić information content (AvgIpc) is 2.97. The molecule has 0 radical (unpaired) electrons. The SMILES string of the molecule is COc1cccc(C(=O)N2CCN(CC(=O)N3CCCCCC3)CC2)c1. The zero-order valence-corrected chi connectivity index (χ0v) is 15.7. The summed E-state index contributed by atoms with van der Waals surface area (Å²) in [6.45, 7) is 5.07. The molecule has 2 aliphatic heterocycles. The van der Waals surface area contributed by atoms with Gasteiger partial charge in [0.05, 0.1) is 13.7 Å². The molecule has 142 valence electrons. The second-order valence-corrected chi connectivity index (χ2v) is 7.10. The third-order valence-corrected chi connectivity index (χ3v) is 5.29. The quantitative estimate of drug-likeness (QED) is 0.823. The maximum Gasteiger partial charge on any atom is 0.254 e. The number of piperazine rings is 1. The first kappa shape index (κ1) is 18.7. The van der Waals surface area contributed by atoms with E-state index in [4.69, 9.17) is 4.74 Å². The number of hydrogen-bond donors (Lipinski definition) is 0. The van der Waals surface area contributed by atoms with Crippen LogP contribution in [-0.4, -0.2) is 79.4 Å². The third kappa shape index (κ3) is 4.75. The standard InChI is InChI=1S/C20H29N3O3/c1-26-18-8-6-7-17(15-18)20(25)23-13-11-21(12-14-23)16-19(24)22-9-4-2-3-5-10-22/h6-8,15H,2-5,9-14,16H2,1H3. The van der Waals surface area contributed by atoms with Gasteiger partial charge in [-0.3, -0.25) is 14.5 Å². The van der Waals surface area contributed by atoms with Gasteiger partial charge in [-0.15, -0.1) is 0 Å². The molecule has 0 bridgehead atoms. The second kappa shape index (κ2) is 9.03. The van der Waals surface area contributed by atoms with Crippen molar-refractivity contribution in [1.82, 2.24) is 14.7 Å². The number of hydrogen-bond acceptors (Lipinski definition) is 4. The van der Waals surface area contributed by atoms with E-state index in [1.54, 1.807) is 13.2 Å². The highest BCUT2D eigenvalue weighted by atomic mass is 16.5. The fourth-order valence-electron chi connectivity index (χ4n) is 3.66. The average molecular weight is 359 g/mol.